The van der Waals surface area contributed by atoms with E-state index >= 15 is 0 Å². The number of carbonyl (C=O) groups excluding carboxylic acids is 2. The average Bonchev–Trinajstić information content (AvgIpc) is 3.34. The summed E-state index contributed by atoms with van der Waals surface area (Å²) < 4.78 is 7.33. The molecule has 3 rings (SSSR count). The second-order valence-electron chi connectivity index (χ2n) is 7.36. The van der Waals surface area contributed by atoms with Crippen LogP contribution in [0.2, 0.25) is 0 Å². The zero-order valence-electron chi connectivity index (χ0n) is 17.8. The first kappa shape index (κ1) is 21.6. The first-order valence-electron chi connectivity index (χ1n) is 9.74. The molecule has 2 aromatic heterocycles. The summed E-state index contributed by atoms with van der Waals surface area (Å²) in [6.07, 6.45) is 0. The molecule has 30 heavy (non-hydrogen) atoms. The van der Waals surface area contributed by atoms with E-state index in [-0.39, 0.29) is 12.5 Å². The molecule has 0 radical (unpaired) electrons. The molecule has 3 aromatic rings. The molecule has 0 atom stereocenters. The zero-order chi connectivity index (χ0) is 21.7. The predicted molar refractivity (Wildman–Crippen MR) is 120 cm³/mol. The number of ether oxygens (including phenoxy) is 1. The molecule has 0 saturated heterocycles. The van der Waals surface area contributed by atoms with Crippen molar-refractivity contribution in [1.29, 1.82) is 0 Å². The molecule has 0 aliphatic rings. The highest BCUT2D eigenvalue weighted by Gasteiger charge is 2.18. The smallest absolute Gasteiger partial charge is 0.340 e. The van der Waals surface area contributed by atoms with E-state index in [1.807, 2.05) is 74.6 Å². The largest absolute Gasteiger partial charge is 0.452 e. The molecule has 0 bridgehead atoms. The Balaban J connectivity index is 1.52. The van der Waals surface area contributed by atoms with Gasteiger partial charge in [-0.05, 0) is 49.1 Å². The van der Waals surface area contributed by atoms with E-state index < -0.39 is 5.97 Å². The summed E-state index contributed by atoms with van der Waals surface area (Å²) >= 11 is 1.68. The molecule has 0 spiro atoms. The van der Waals surface area contributed by atoms with E-state index in [2.05, 4.69) is 16.0 Å². The molecule has 0 unspecified atom stereocenters. The molecule has 1 N–H and O–H groups in total. The highest BCUT2D eigenvalue weighted by atomic mass is 32.1. The molecule has 0 aliphatic carbocycles. The van der Waals surface area contributed by atoms with Crippen LogP contribution in [0.1, 0.15) is 32.2 Å². The van der Waals surface area contributed by atoms with Gasteiger partial charge in [0.05, 0.1) is 12.1 Å². The summed E-state index contributed by atoms with van der Waals surface area (Å²) in [7, 11) is 3.95. The number of nitrogens with zero attached hydrogens (tertiary/aromatic N) is 2. The van der Waals surface area contributed by atoms with Crippen molar-refractivity contribution in [3.8, 4) is 0 Å². The lowest BCUT2D eigenvalue weighted by atomic mass is 10.2. The number of aryl methyl sites for hydroxylation is 1. The van der Waals surface area contributed by atoms with Crippen molar-refractivity contribution >= 4 is 28.9 Å². The number of nitrogens with one attached hydrogen (secondary N) is 1. The maximum atomic E-state index is 12.5. The first-order chi connectivity index (χ1) is 14.3. The Bertz CT molecular complexity index is 1010. The zero-order valence-corrected chi connectivity index (χ0v) is 18.6. The number of aromatic nitrogens is 1. The van der Waals surface area contributed by atoms with E-state index in [9.17, 15) is 9.59 Å². The van der Waals surface area contributed by atoms with Crippen LogP contribution < -0.4 is 10.2 Å². The Kier molecular flexibility index (Phi) is 6.95. The molecular formula is C23H27N3O3S. The Hall–Kier alpha value is -3.06. The van der Waals surface area contributed by atoms with E-state index in [0.717, 1.165) is 29.2 Å². The van der Waals surface area contributed by atoms with Crippen molar-refractivity contribution in [2.24, 2.45) is 0 Å². The topological polar surface area (TPSA) is 63.6 Å². The van der Waals surface area contributed by atoms with Crippen LogP contribution in [0.5, 0.6) is 0 Å². The maximum absolute atomic E-state index is 12.5. The number of hydrogen-bond donors (Lipinski definition) is 1. The fourth-order valence-corrected chi connectivity index (χ4v) is 3.87. The van der Waals surface area contributed by atoms with Crippen molar-refractivity contribution in [1.82, 2.24) is 9.88 Å². The van der Waals surface area contributed by atoms with Gasteiger partial charge < -0.3 is 19.5 Å². The third-order valence-corrected chi connectivity index (χ3v) is 5.83. The average molecular weight is 426 g/mol. The Morgan fingerprint density at radius 1 is 1.13 bits per heavy atom. The van der Waals surface area contributed by atoms with Gasteiger partial charge in [0.25, 0.3) is 5.91 Å². The van der Waals surface area contributed by atoms with Crippen LogP contribution >= 0.6 is 11.3 Å². The monoisotopic (exact) mass is 425 g/mol. The first-order valence-corrected chi connectivity index (χ1v) is 10.6. The van der Waals surface area contributed by atoms with Crippen LogP contribution in [-0.2, 0) is 22.6 Å². The van der Waals surface area contributed by atoms with Gasteiger partial charge in [0.2, 0.25) is 0 Å². The highest BCUT2D eigenvalue weighted by Crippen LogP contribution is 2.20. The molecular weight excluding hydrogens is 398 g/mol. The fourth-order valence-electron chi connectivity index (χ4n) is 3.18. The minimum Gasteiger partial charge on any atom is -0.452 e. The standard InChI is InChI=1S/C23H27N3O3S/c1-16-12-21(17(2)26(16)14-20-6-5-11-30-20)23(28)29-15-22(27)24-13-18-7-9-19(10-8-18)25(3)4/h5-12H,13-15H2,1-4H3,(H,24,27). The van der Waals surface area contributed by atoms with Gasteiger partial charge in [-0.15, -0.1) is 11.3 Å². The summed E-state index contributed by atoms with van der Waals surface area (Å²) in [6.45, 7) is 4.67. The predicted octanol–water partition coefficient (Wildman–Crippen LogP) is 3.75. The number of rotatable bonds is 8. The highest BCUT2D eigenvalue weighted by molar-refractivity contribution is 7.09. The van der Waals surface area contributed by atoms with Crippen LogP contribution in [0.4, 0.5) is 5.69 Å². The lowest BCUT2D eigenvalue weighted by molar-refractivity contribution is -0.124. The van der Waals surface area contributed by atoms with Gasteiger partial charge in [-0.2, -0.15) is 0 Å². The van der Waals surface area contributed by atoms with Gasteiger partial charge in [-0.1, -0.05) is 18.2 Å². The second kappa shape index (κ2) is 9.63. The van der Waals surface area contributed by atoms with Crippen LogP contribution in [0, 0.1) is 13.8 Å². The number of thiophene rings is 1. The molecule has 158 valence electrons. The van der Waals surface area contributed by atoms with Gasteiger partial charge >= 0.3 is 5.97 Å². The van der Waals surface area contributed by atoms with Crippen molar-refractivity contribution in [3.63, 3.8) is 0 Å². The number of carbonyl (C=O) groups is 2. The number of benzene rings is 1. The second-order valence-corrected chi connectivity index (χ2v) is 8.40. The SMILES string of the molecule is Cc1cc(C(=O)OCC(=O)NCc2ccc(N(C)C)cc2)c(C)n1Cc1cccs1. The Morgan fingerprint density at radius 3 is 2.50 bits per heavy atom. The van der Waals surface area contributed by atoms with E-state index in [0.29, 0.717) is 12.1 Å². The summed E-state index contributed by atoms with van der Waals surface area (Å²) in [5, 5.41) is 4.82. The Morgan fingerprint density at radius 2 is 1.87 bits per heavy atom. The van der Waals surface area contributed by atoms with Crippen molar-refractivity contribution in [2.45, 2.75) is 26.9 Å². The number of hydrogen-bond acceptors (Lipinski definition) is 5. The molecule has 1 amide bonds. The number of esters is 1. The van der Waals surface area contributed by atoms with E-state index in [1.54, 1.807) is 11.3 Å². The van der Waals surface area contributed by atoms with E-state index in [1.165, 1.54) is 4.88 Å². The quantitative estimate of drug-likeness (QED) is 0.558. The molecule has 7 heteroatoms. The van der Waals surface area contributed by atoms with Crippen LogP contribution in [0.25, 0.3) is 0 Å². The third kappa shape index (κ3) is 5.30. The lowest BCUT2D eigenvalue weighted by Gasteiger charge is -2.13. The van der Waals surface area contributed by atoms with Gasteiger partial charge in [-0.25, -0.2) is 4.79 Å². The minimum atomic E-state index is -0.481. The van der Waals surface area contributed by atoms with E-state index in [4.69, 9.17) is 4.74 Å². The fraction of sp³-hybridized carbons (Fsp3) is 0.304. The maximum Gasteiger partial charge on any atom is 0.340 e. The molecule has 0 fully saturated rings. The summed E-state index contributed by atoms with van der Waals surface area (Å²) in [4.78, 5) is 27.8. The number of amides is 1. The summed E-state index contributed by atoms with van der Waals surface area (Å²) in [5.74, 6) is -0.807. The van der Waals surface area contributed by atoms with Crippen molar-refractivity contribution in [2.75, 3.05) is 25.6 Å². The molecule has 0 saturated carbocycles. The lowest BCUT2D eigenvalue weighted by Crippen LogP contribution is -2.28. The van der Waals surface area contributed by atoms with Crippen LogP contribution in [0.15, 0.2) is 47.8 Å². The van der Waals surface area contributed by atoms with Gasteiger partial charge in [0.1, 0.15) is 0 Å². The molecule has 0 aliphatic heterocycles. The molecule has 2 heterocycles. The number of anilines is 1. The van der Waals surface area contributed by atoms with Crippen molar-refractivity contribution in [3.05, 3.63) is 75.2 Å². The van der Waals surface area contributed by atoms with Crippen LogP contribution in [0.3, 0.4) is 0 Å². The van der Waals surface area contributed by atoms with Gasteiger partial charge in [0.15, 0.2) is 6.61 Å². The van der Waals surface area contributed by atoms with Crippen LogP contribution in [-0.4, -0.2) is 37.1 Å². The molecule has 1 aromatic carbocycles. The normalized spacial score (nSPS) is 10.7. The summed E-state index contributed by atoms with van der Waals surface area (Å²) in [5.41, 5.74) is 4.40. The van der Waals surface area contributed by atoms with Crippen molar-refractivity contribution < 1.29 is 14.3 Å². The summed E-state index contributed by atoms with van der Waals surface area (Å²) in [6, 6.07) is 13.8. The van der Waals surface area contributed by atoms with Gasteiger partial charge in [-0.3, -0.25) is 4.79 Å². The van der Waals surface area contributed by atoms with Gasteiger partial charge in [0, 0.05) is 42.6 Å². The third-order valence-electron chi connectivity index (χ3n) is 4.96. The Labute approximate surface area is 181 Å². The molecule has 6 nitrogen and oxygen atoms in total. The minimum absolute atomic E-state index is 0.302.